The van der Waals surface area contributed by atoms with Crippen LogP contribution < -0.4 is 23.6 Å². The van der Waals surface area contributed by atoms with Gasteiger partial charge in [-0.15, -0.1) is 0 Å². The molecule has 78 valence electrons. The minimum atomic E-state index is 0. The van der Waals surface area contributed by atoms with Crippen molar-refractivity contribution in [3.05, 3.63) is 59.7 Å². The zero-order chi connectivity index (χ0) is 10.7. The predicted octanol–water partition coefficient (Wildman–Crippen LogP) is 1.21. The van der Waals surface area contributed by atoms with Crippen LogP contribution in [0, 0.1) is 13.8 Å². The predicted molar refractivity (Wildman–Crippen MR) is 63.5 cm³/mol. The van der Waals surface area contributed by atoms with Gasteiger partial charge in [0.25, 0.3) is 0 Å². The van der Waals surface area contributed by atoms with Crippen LogP contribution in [0.5, 0.6) is 11.5 Å². The maximum Gasteiger partial charge on any atom is 1.00 e. The van der Waals surface area contributed by atoms with Crippen molar-refractivity contribution >= 4 is 0 Å². The first-order valence-corrected chi connectivity index (χ1v) is 5.05. The Morgan fingerprint density at radius 1 is 0.688 bits per heavy atom. The molecule has 0 aromatic heterocycles. The zero-order valence-corrected chi connectivity index (χ0v) is 10.0. The van der Waals surface area contributed by atoms with Crippen molar-refractivity contribution in [1.29, 1.82) is 0 Å². The van der Waals surface area contributed by atoms with E-state index < -0.39 is 0 Å². The van der Waals surface area contributed by atoms with E-state index in [2.05, 4.69) is 13.8 Å². The molecule has 0 saturated heterocycles. The number of rotatable bonds is 2. The minimum Gasteiger partial charge on any atom is -1.00 e. The topological polar surface area (TPSA) is 9.23 Å². The summed E-state index contributed by atoms with van der Waals surface area (Å²) in [5.41, 5.74) is 2.48. The van der Waals surface area contributed by atoms with Gasteiger partial charge in [0.05, 0.1) is 0 Å². The van der Waals surface area contributed by atoms with Crippen LogP contribution in [0.15, 0.2) is 48.5 Å². The molecular formula is C14H15LiO. The van der Waals surface area contributed by atoms with E-state index in [1.54, 1.807) is 0 Å². The molecule has 16 heavy (non-hydrogen) atoms. The van der Waals surface area contributed by atoms with Crippen molar-refractivity contribution in [2.45, 2.75) is 13.8 Å². The van der Waals surface area contributed by atoms with Crippen molar-refractivity contribution in [3.63, 3.8) is 0 Å². The second-order valence-corrected chi connectivity index (χ2v) is 3.73. The molecule has 0 fully saturated rings. The number of benzene rings is 2. The van der Waals surface area contributed by atoms with E-state index >= 15 is 0 Å². The number of hydrogen-bond acceptors (Lipinski definition) is 1. The molecule has 0 saturated carbocycles. The second kappa shape index (κ2) is 5.79. The van der Waals surface area contributed by atoms with Crippen LogP contribution >= 0.6 is 0 Å². The molecular weight excluding hydrogens is 191 g/mol. The van der Waals surface area contributed by atoms with Gasteiger partial charge in [0, 0.05) is 0 Å². The summed E-state index contributed by atoms with van der Waals surface area (Å²) in [6.45, 7) is 4.13. The molecule has 0 amide bonds. The summed E-state index contributed by atoms with van der Waals surface area (Å²) >= 11 is 0. The fourth-order valence-electron chi connectivity index (χ4n) is 1.35. The van der Waals surface area contributed by atoms with Crippen LogP contribution in [0.2, 0.25) is 0 Å². The van der Waals surface area contributed by atoms with E-state index in [0.29, 0.717) is 0 Å². The van der Waals surface area contributed by atoms with Gasteiger partial charge in [-0.2, -0.15) is 0 Å². The molecule has 1 nitrogen and oxygen atoms in total. The molecule has 0 N–H and O–H groups in total. The van der Waals surface area contributed by atoms with Crippen LogP contribution in [-0.4, -0.2) is 0 Å². The molecule has 0 atom stereocenters. The quantitative estimate of drug-likeness (QED) is 0.671. The molecule has 0 unspecified atom stereocenters. The van der Waals surface area contributed by atoms with Crippen molar-refractivity contribution < 1.29 is 25.0 Å². The first-order chi connectivity index (χ1) is 7.24. The van der Waals surface area contributed by atoms with Crippen LogP contribution in [0.3, 0.4) is 0 Å². The fourth-order valence-corrected chi connectivity index (χ4v) is 1.35. The summed E-state index contributed by atoms with van der Waals surface area (Å²) in [5, 5.41) is 0. The van der Waals surface area contributed by atoms with Gasteiger partial charge in [0.15, 0.2) is 0 Å². The molecule has 2 aromatic rings. The molecule has 2 heteroatoms. The van der Waals surface area contributed by atoms with E-state index in [1.807, 2.05) is 48.5 Å². The average molecular weight is 206 g/mol. The smallest absolute Gasteiger partial charge is 1.00 e. The van der Waals surface area contributed by atoms with Gasteiger partial charge in [-0.25, -0.2) is 0 Å². The summed E-state index contributed by atoms with van der Waals surface area (Å²) in [4.78, 5) is 0. The van der Waals surface area contributed by atoms with Gasteiger partial charge in [0.2, 0.25) is 0 Å². The molecule has 0 heterocycles. The van der Waals surface area contributed by atoms with E-state index in [1.165, 1.54) is 11.1 Å². The third-order valence-corrected chi connectivity index (χ3v) is 2.28. The Kier molecular flexibility index (Phi) is 4.67. The summed E-state index contributed by atoms with van der Waals surface area (Å²) in [7, 11) is 0. The Balaban J connectivity index is 0.00000128. The van der Waals surface area contributed by atoms with E-state index in [-0.39, 0.29) is 20.3 Å². The average Bonchev–Trinajstić information content (AvgIpc) is 2.25. The minimum absolute atomic E-state index is 0. The van der Waals surface area contributed by atoms with Gasteiger partial charge in [-0.05, 0) is 38.1 Å². The maximum atomic E-state index is 5.69. The Bertz CT molecular complexity index is 393. The van der Waals surface area contributed by atoms with Gasteiger partial charge < -0.3 is 6.16 Å². The zero-order valence-electron chi connectivity index (χ0n) is 11.0. The Labute approximate surface area is 110 Å². The summed E-state index contributed by atoms with van der Waals surface area (Å²) in [6, 6.07) is 16.1. The molecule has 0 aliphatic heterocycles. The third kappa shape index (κ3) is 3.45. The van der Waals surface area contributed by atoms with Crippen LogP contribution in [-0.2, 0) is 0 Å². The fraction of sp³-hybridized carbons (Fsp3) is 0.143. The Hall–Kier alpha value is -1.16. The monoisotopic (exact) mass is 206 g/mol. The molecule has 0 aliphatic carbocycles. The molecule has 0 spiro atoms. The molecule has 2 aromatic carbocycles. The molecule has 0 aliphatic rings. The summed E-state index contributed by atoms with van der Waals surface area (Å²) in [6.07, 6.45) is 0. The Morgan fingerprint density at radius 2 is 1.00 bits per heavy atom. The van der Waals surface area contributed by atoms with Gasteiger partial charge in [-0.1, -0.05) is 35.4 Å². The van der Waals surface area contributed by atoms with Gasteiger partial charge in [-0.3, -0.25) is 0 Å². The van der Waals surface area contributed by atoms with Gasteiger partial charge in [0.1, 0.15) is 11.5 Å². The first-order valence-electron chi connectivity index (χ1n) is 5.05. The molecule has 2 rings (SSSR count). The first kappa shape index (κ1) is 12.9. The number of aryl methyl sites for hydroxylation is 2. The van der Waals surface area contributed by atoms with E-state index in [0.717, 1.165) is 11.5 Å². The summed E-state index contributed by atoms with van der Waals surface area (Å²) < 4.78 is 5.69. The van der Waals surface area contributed by atoms with E-state index in [4.69, 9.17) is 4.74 Å². The SMILES string of the molecule is Cc1ccc(Oc2ccc(C)cc2)cc1.[H-].[Li+]. The third-order valence-electron chi connectivity index (χ3n) is 2.28. The number of ether oxygens (including phenoxy) is 1. The van der Waals surface area contributed by atoms with Crippen LogP contribution in [0.1, 0.15) is 12.6 Å². The standard InChI is InChI=1S/C14H14O.Li.H/c1-11-3-7-13(8-4-11)15-14-9-5-12(2)6-10-14;;/h3-10H,1-2H3;;/q;+1;-1. The van der Waals surface area contributed by atoms with Crippen molar-refractivity contribution in [2.24, 2.45) is 0 Å². The second-order valence-electron chi connectivity index (χ2n) is 3.73. The normalized spacial score (nSPS) is 9.38. The van der Waals surface area contributed by atoms with Crippen LogP contribution in [0.25, 0.3) is 0 Å². The maximum absolute atomic E-state index is 5.69. The largest absolute Gasteiger partial charge is 1.00 e. The van der Waals surface area contributed by atoms with E-state index in [9.17, 15) is 0 Å². The summed E-state index contributed by atoms with van der Waals surface area (Å²) in [5.74, 6) is 1.76. The molecule has 0 bridgehead atoms. The van der Waals surface area contributed by atoms with Crippen molar-refractivity contribution in [1.82, 2.24) is 0 Å². The number of hydrogen-bond donors (Lipinski definition) is 0. The van der Waals surface area contributed by atoms with Crippen molar-refractivity contribution in [2.75, 3.05) is 0 Å². The van der Waals surface area contributed by atoms with Gasteiger partial charge >= 0.3 is 18.9 Å². The Morgan fingerprint density at radius 3 is 1.31 bits per heavy atom. The van der Waals surface area contributed by atoms with Crippen molar-refractivity contribution in [3.8, 4) is 11.5 Å². The molecule has 0 radical (unpaired) electrons. The van der Waals surface area contributed by atoms with Crippen LogP contribution in [0.4, 0.5) is 0 Å².